The molecular weight excluding hydrogens is 238 g/mol. The van der Waals surface area contributed by atoms with Crippen LogP contribution in [0, 0.1) is 0 Å². The van der Waals surface area contributed by atoms with Gasteiger partial charge in [0, 0.05) is 13.0 Å². The number of carboxylic acid groups (broad SMARTS) is 1. The predicted octanol–water partition coefficient (Wildman–Crippen LogP) is -0.113. The number of ether oxygens (including phenoxy) is 1. The first-order valence-electron chi connectivity index (χ1n) is 5.96. The topological polar surface area (TPSA) is 89.9 Å². The van der Waals surface area contributed by atoms with Gasteiger partial charge in [-0.1, -0.05) is 0 Å². The number of carbonyl (C=O) groups excluding carboxylic acids is 2. The summed E-state index contributed by atoms with van der Waals surface area (Å²) in [6, 6.07) is 0. The Balaban J connectivity index is 2.91. The lowest BCUT2D eigenvalue weighted by atomic mass is 9.87. The van der Waals surface area contributed by atoms with E-state index in [1.807, 2.05) is 0 Å². The van der Waals surface area contributed by atoms with Gasteiger partial charge in [0.25, 0.3) is 0 Å². The highest BCUT2D eigenvalue weighted by Gasteiger charge is 2.43. The second-order valence-corrected chi connectivity index (χ2v) is 5.84. The van der Waals surface area contributed by atoms with E-state index in [-0.39, 0.29) is 13.0 Å². The van der Waals surface area contributed by atoms with Crippen LogP contribution in [0.4, 0.5) is 4.79 Å². The minimum atomic E-state index is -1.53. The molecule has 0 aromatic heterocycles. The van der Waals surface area contributed by atoms with Gasteiger partial charge in [-0.2, -0.15) is 0 Å². The van der Waals surface area contributed by atoms with Gasteiger partial charge in [0.1, 0.15) is 5.60 Å². The fourth-order valence-electron chi connectivity index (χ4n) is 2.00. The van der Waals surface area contributed by atoms with E-state index in [0.717, 1.165) is 4.90 Å². The maximum atomic E-state index is 12.0. The number of carboxylic acids is 1. The Labute approximate surface area is 107 Å². The van der Waals surface area contributed by atoms with Gasteiger partial charge in [0.05, 0.1) is 17.6 Å². The Morgan fingerprint density at radius 2 is 2.00 bits per heavy atom. The zero-order chi connectivity index (χ0) is 14.1. The third-order valence-corrected chi connectivity index (χ3v) is 2.97. The molecule has 0 spiro atoms. The van der Waals surface area contributed by atoms with E-state index in [0.29, 0.717) is 6.42 Å². The zero-order valence-corrected chi connectivity index (χ0v) is 11.2. The molecule has 6 nitrogen and oxygen atoms in total. The molecule has 0 aromatic carbocycles. The van der Waals surface area contributed by atoms with Crippen molar-refractivity contribution < 1.29 is 24.5 Å². The van der Waals surface area contributed by atoms with Crippen molar-refractivity contribution in [2.75, 3.05) is 6.54 Å². The summed E-state index contributed by atoms with van der Waals surface area (Å²) in [6.45, 7) is 6.63. The molecule has 0 aromatic rings. The first-order valence-corrected chi connectivity index (χ1v) is 5.96. The third-order valence-electron chi connectivity index (χ3n) is 2.97. The number of carbonyl (C=O) groups is 2. The molecule has 0 bridgehead atoms. The summed E-state index contributed by atoms with van der Waals surface area (Å²) in [6.07, 6.45) is -1.15. The van der Waals surface area contributed by atoms with Crippen molar-refractivity contribution in [1.82, 2.24) is 4.90 Å². The third kappa shape index (κ3) is 3.13. The normalized spacial score (nSPS) is 28.9. The number of likely N-dealkylation sites (tertiary alicyclic amines) is 1. The molecule has 2 unspecified atom stereocenters. The molecule has 0 aliphatic carbocycles. The molecule has 1 heterocycles. The van der Waals surface area contributed by atoms with Gasteiger partial charge in [-0.15, -0.1) is 0 Å². The molecule has 1 amide bonds. The lowest BCUT2D eigenvalue weighted by molar-refractivity contribution is -0.320. The fourth-order valence-corrected chi connectivity index (χ4v) is 2.00. The molecule has 1 fully saturated rings. The monoisotopic (exact) mass is 258 g/mol. The van der Waals surface area contributed by atoms with Gasteiger partial charge in [-0.05, 0) is 34.1 Å². The van der Waals surface area contributed by atoms with Crippen LogP contribution >= 0.6 is 0 Å². The summed E-state index contributed by atoms with van der Waals surface area (Å²) >= 11 is 0. The van der Waals surface area contributed by atoms with Gasteiger partial charge >= 0.3 is 6.09 Å². The van der Waals surface area contributed by atoms with E-state index in [1.165, 1.54) is 6.92 Å². The molecule has 0 saturated carbocycles. The van der Waals surface area contributed by atoms with Crippen LogP contribution in [0.15, 0.2) is 0 Å². The number of hydrogen-bond acceptors (Lipinski definition) is 5. The zero-order valence-electron chi connectivity index (χ0n) is 11.2. The Hall–Kier alpha value is -1.30. The molecule has 1 N–H and O–H groups in total. The number of amides is 1. The van der Waals surface area contributed by atoms with Crippen LogP contribution in [0.1, 0.15) is 40.5 Å². The maximum absolute atomic E-state index is 12.0. The van der Waals surface area contributed by atoms with Gasteiger partial charge in [-0.25, -0.2) is 4.79 Å². The van der Waals surface area contributed by atoms with Crippen molar-refractivity contribution in [3.63, 3.8) is 0 Å². The van der Waals surface area contributed by atoms with Crippen molar-refractivity contribution in [3.8, 4) is 0 Å². The number of aliphatic carboxylic acids is 1. The number of rotatable bonds is 1. The van der Waals surface area contributed by atoms with Crippen molar-refractivity contribution in [3.05, 3.63) is 0 Å². The number of aliphatic hydroxyl groups excluding tert-OH is 1. The van der Waals surface area contributed by atoms with Gasteiger partial charge in [0.15, 0.2) is 0 Å². The molecular formula is C12H20NO5-. The van der Waals surface area contributed by atoms with E-state index >= 15 is 0 Å². The quantitative estimate of drug-likeness (QED) is 0.708. The Bertz CT molecular complexity index is 349. The standard InChI is InChI=1S/C12H21NO5/c1-11(2,3)18-10(17)13-6-5-8(14)7-12(13,4)9(15)16/h8,14H,5-7H2,1-4H3,(H,15,16)/p-1. The van der Waals surface area contributed by atoms with Crippen molar-refractivity contribution >= 4 is 12.1 Å². The summed E-state index contributed by atoms with van der Waals surface area (Å²) < 4.78 is 5.17. The second-order valence-electron chi connectivity index (χ2n) is 5.84. The largest absolute Gasteiger partial charge is 0.548 e. The van der Waals surface area contributed by atoms with Crippen LogP contribution in [0.2, 0.25) is 0 Å². The molecule has 1 aliphatic heterocycles. The number of nitrogens with zero attached hydrogens (tertiary/aromatic N) is 1. The lowest BCUT2D eigenvalue weighted by Gasteiger charge is -2.46. The van der Waals surface area contributed by atoms with Crippen LogP contribution in [-0.2, 0) is 9.53 Å². The van der Waals surface area contributed by atoms with Crippen LogP contribution in [0.3, 0.4) is 0 Å². The second kappa shape index (κ2) is 4.76. The smallest absolute Gasteiger partial charge is 0.411 e. The summed E-state index contributed by atoms with van der Waals surface area (Å²) in [5.74, 6) is -1.38. The summed E-state index contributed by atoms with van der Waals surface area (Å²) in [5.41, 5.74) is -2.22. The van der Waals surface area contributed by atoms with Crippen LogP contribution in [0.25, 0.3) is 0 Å². The first kappa shape index (κ1) is 14.8. The van der Waals surface area contributed by atoms with E-state index in [1.54, 1.807) is 20.8 Å². The van der Waals surface area contributed by atoms with Crippen molar-refractivity contribution in [2.24, 2.45) is 0 Å². The maximum Gasteiger partial charge on any atom is 0.411 e. The van der Waals surface area contributed by atoms with Crippen molar-refractivity contribution in [1.29, 1.82) is 0 Å². The Morgan fingerprint density at radius 3 is 2.44 bits per heavy atom. The van der Waals surface area contributed by atoms with Gasteiger partial charge in [0.2, 0.25) is 0 Å². The van der Waals surface area contributed by atoms with Crippen molar-refractivity contribution in [2.45, 2.75) is 57.8 Å². The molecule has 6 heteroatoms. The fraction of sp³-hybridized carbons (Fsp3) is 0.833. The lowest BCUT2D eigenvalue weighted by Crippen LogP contribution is -2.64. The highest BCUT2D eigenvalue weighted by Crippen LogP contribution is 2.29. The Kier molecular flexibility index (Phi) is 3.90. The molecule has 1 rings (SSSR count). The minimum Gasteiger partial charge on any atom is -0.548 e. The average Bonchev–Trinajstić information content (AvgIpc) is 2.13. The van der Waals surface area contributed by atoms with Gasteiger partial charge < -0.3 is 19.7 Å². The summed E-state index contributed by atoms with van der Waals surface area (Å²) in [5, 5.41) is 20.8. The summed E-state index contributed by atoms with van der Waals surface area (Å²) in [7, 11) is 0. The predicted molar refractivity (Wildman–Crippen MR) is 61.6 cm³/mol. The van der Waals surface area contributed by atoms with Crippen LogP contribution in [-0.4, -0.2) is 45.9 Å². The number of piperidine rings is 1. The van der Waals surface area contributed by atoms with E-state index in [4.69, 9.17) is 4.74 Å². The average molecular weight is 258 g/mol. The first-order chi connectivity index (χ1) is 8.06. The minimum absolute atomic E-state index is 0.0470. The van der Waals surface area contributed by atoms with E-state index in [9.17, 15) is 19.8 Å². The molecule has 2 atom stereocenters. The Morgan fingerprint density at radius 1 is 1.44 bits per heavy atom. The highest BCUT2D eigenvalue weighted by atomic mass is 16.6. The summed E-state index contributed by atoms with van der Waals surface area (Å²) in [4.78, 5) is 24.3. The molecule has 1 saturated heterocycles. The molecule has 1 aliphatic rings. The molecule has 0 radical (unpaired) electrons. The van der Waals surface area contributed by atoms with E-state index < -0.39 is 29.3 Å². The highest BCUT2D eigenvalue weighted by molar-refractivity contribution is 5.83. The van der Waals surface area contributed by atoms with Crippen LogP contribution in [0.5, 0.6) is 0 Å². The SMILES string of the molecule is CC(C)(C)OC(=O)N1CCC(O)CC1(C)C(=O)[O-]. The number of aliphatic hydroxyl groups is 1. The number of hydrogen-bond donors (Lipinski definition) is 1. The van der Waals surface area contributed by atoms with Gasteiger partial charge in [-0.3, -0.25) is 4.90 Å². The molecule has 18 heavy (non-hydrogen) atoms. The molecule has 104 valence electrons. The van der Waals surface area contributed by atoms with Crippen LogP contribution < -0.4 is 5.11 Å². The van der Waals surface area contributed by atoms with E-state index in [2.05, 4.69) is 0 Å².